The van der Waals surface area contributed by atoms with Crippen LogP contribution in [0.15, 0.2) is 22.1 Å². The predicted octanol–water partition coefficient (Wildman–Crippen LogP) is 3.44. The SMILES string of the molecule is COC(=O)Cc1ccc(/C=C(/C)C(C)(C)C)o1. The number of rotatable bonds is 3. The van der Waals surface area contributed by atoms with Gasteiger partial charge in [0.1, 0.15) is 17.9 Å². The van der Waals surface area contributed by atoms with Gasteiger partial charge in [0.25, 0.3) is 0 Å². The second kappa shape index (κ2) is 5.21. The van der Waals surface area contributed by atoms with Crippen LogP contribution in [-0.4, -0.2) is 13.1 Å². The fourth-order valence-electron chi connectivity index (χ4n) is 1.21. The first-order valence-corrected chi connectivity index (χ1v) is 5.67. The Morgan fingerprint density at radius 1 is 1.41 bits per heavy atom. The first-order chi connectivity index (χ1) is 7.82. The van der Waals surface area contributed by atoms with E-state index in [1.165, 1.54) is 12.7 Å². The number of furan rings is 1. The highest BCUT2D eigenvalue weighted by molar-refractivity contribution is 5.71. The Morgan fingerprint density at radius 3 is 2.59 bits per heavy atom. The molecular weight excluding hydrogens is 216 g/mol. The van der Waals surface area contributed by atoms with E-state index in [-0.39, 0.29) is 17.8 Å². The van der Waals surface area contributed by atoms with Gasteiger partial charge in [-0.2, -0.15) is 0 Å². The summed E-state index contributed by atoms with van der Waals surface area (Å²) in [6.07, 6.45) is 2.18. The standard InChI is InChI=1S/C14H20O3/c1-10(14(2,3)4)8-11-6-7-12(17-11)9-13(15)16-5/h6-8H,9H2,1-5H3/b10-8-. The van der Waals surface area contributed by atoms with Gasteiger partial charge in [-0.25, -0.2) is 0 Å². The minimum absolute atomic E-state index is 0.120. The summed E-state index contributed by atoms with van der Waals surface area (Å²) >= 11 is 0. The molecule has 3 heteroatoms. The van der Waals surface area contributed by atoms with Crippen LogP contribution in [0.4, 0.5) is 0 Å². The number of esters is 1. The monoisotopic (exact) mass is 236 g/mol. The number of methoxy groups -OCH3 is 1. The molecule has 17 heavy (non-hydrogen) atoms. The Kier molecular flexibility index (Phi) is 4.16. The molecule has 0 fully saturated rings. The van der Waals surface area contributed by atoms with Gasteiger partial charge in [-0.3, -0.25) is 4.79 Å². The van der Waals surface area contributed by atoms with E-state index in [1.54, 1.807) is 6.07 Å². The number of carbonyl (C=O) groups excluding carboxylic acids is 1. The molecule has 0 amide bonds. The molecule has 0 N–H and O–H groups in total. The van der Waals surface area contributed by atoms with Crippen molar-refractivity contribution < 1.29 is 13.9 Å². The Morgan fingerprint density at radius 2 is 2.06 bits per heavy atom. The van der Waals surface area contributed by atoms with E-state index in [9.17, 15) is 4.79 Å². The molecule has 0 bridgehead atoms. The van der Waals surface area contributed by atoms with Crippen LogP contribution in [0, 0.1) is 5.41 Å². The summed E-state index contributed by atoms with van der Waals surface area (Å²) in [5.74, 6) is 1.11. The van der Waals surface area contributed by atoms with Crippen molar-refractivity contribution >= 4 is 12.0 Å². The summed E-state index contributed by atoms with van der Waals surface area (Å²) in [5.41, 5.74) is 1.35. The molecule has 0 saturated carbocycles. The van der Waals surface area contributed by atoms with Crippen LogP contribution in [0.1, 0.15) is 39.2 Å². The fraction of sp³-hybridized carbons (Fsp3) is 0.500. The van der Waals surface area contributed by atoms with Crippen LogP contribution >= 0.6 is 0 Å². The van der Waals surface area contributed by atoms with Crippen molar-refractivity contribution in [3.05, 3.63) is 29.2 Å². The average molecular weight is 236 g/mol. The second-order valence-corrected chi connectivity index (χ2v) is 5.13. The first-order valence-electron chi connectivity index (χ1n) is 5.67. The van der Waals surface area contributed by atoms with Gasteiger partial charge in [-0.1, -0.05) is 26.3 Å². The summed E-state index contributed by atoms with van der Waals surface area (Å²) in [6, 6.07) is 3.67. The molecule has 1 aromatic rings. The molecule has 94 valence electrons. The lowest BCUT2D eigenvalue weighted by Crippen LogP contribution is -2.05. The molecule has 0 unspecified atom stereocenters. The molecule has 0 aliphatic rings. The van der Waals surface area contributed by atoms with Crippen molar-refractivity contribution in [2.45, 2.75) is 34.1 Å². The maximum atomic E-state index is 11.1. The quantitative estimate of drug-likeness (QED) is 0.755. The molecule has 0 saturated heterocycles. The zero-order valence-electron chi connectivity index (χ0n) is 11.2. The van der Waals surface area contributed by atoms with Crippen molar-refractivity contribution in [3.8, 4) is 0 Å². The van der Waals surface area contributed by atoms with Crippen LogP contribution < -0.4 is 0 Å². The molecule has 0 radical (unpaired) electrons. The fourth-order valence-corrected chi connectivity index (χ4v) is 1.21. The van der Waals surface area contributed by atoms with Crippen LogP contribution in [0.25, 0.3) is 6.08 Å². The number of allylic oxidation sites excluding steroid dienone is 1. The third kappa shape index (κ3) is 4.10. The Balaban J connectivity index is 2.79. The lowest BCUT2D eigenvalue weighted by Gasteiger charge is -2.18. The van der Waals surface area contributed by atoms with Crippen molar-refractivity contribution in [1.29, 1.82) is 0 Å². The lowest BCUT2D eigenvalue weighted by atomic mass is 9.87. The molecule has 1 heterocycles. The van der Waals surface area contributed by atoms with E-state index in [0.717, 1.165) is 5.76 Å². The molecule has 3 nitrogen and oxygen atoms in total. The van der Waals surface area contributed by atoms with E-state index in [1.807, 2.05) is 12.1 Å². The van der Waals surface area contributed by atoms with Gasteiger partial charge in [0.2, 0.25) is 0 Å². The maximum Gasteiger partial charge on any atom is 0.313 e. The first kappa shape index (κ1) is 13.6. The van der Waals surface area contributed by atoms with Gasteiger partial charge >= 0.3 is 5.97 Å². The van der Waals surface area contributed by atoms with Crippen molar-refractivity contribution in [2.24, 2.45) is 5.41 Å². The van der Waals surface area contributed by atoms with Gasteiger partial charge in [-0.05, 0) is 30.5 Å². The Bertz CT molecular complexity index is 419. The maximum absolute atomic E-state index is 11.1. The predicted molar refractivity (Wildman–Crippen MR) is 67.5 cm³/mol. The van der Waals surface area contributed by atoms with Crippen molar-refractivity contribution in [3.63, 3.8) is 0 Å². The van der Waals surface area contributed by atoms with Gasteiger partial charge in [-0.15, -0.1) is 0 Å². The minimum atomic E-state index is -0.289. The summed E-state index contributed by atoms with van der Waals surface area (Å²) in [7, 11) is 1.37. The third-order valence-corrected chi connectivity index (χ3v) is 2.77. The molecule has 1 rings (SSSR count). The Hall–Kier alpha value is -1.51. The van der Waals surface area contributed by atoms with E-state index >= 15 is 0 Å². The van der Waals surface area contributed by atoms with E-state index in [2.05, 4.69) is 32.4 Å². The smallest absolute Gasteiger partial charge is 0.313 e. The molecule has 0 aliphatic carbocycles. The molecule has 0 spiro atoms. The van der Waals surface area contributed by atoms with Crippen molar-refractivity contribution in [1.82, 2.24) is 0 Å². The highest BCUT2D eigenvalue weighted by Crippen LogP contribution is 2.26. The topological polar surface area (TPSA) is 39.4 Å². The van der Waals surface area contributed by atoms with Crippen LogP contribution in [0.2, 0.25) is 0 Å². The molecule has 1 aromatic heterocycles. The van der Waals surface area contributed by atoms with E-state index < -0.39 is 0 Å². The minimum Gasteiger partial charge on any atom is -0.469 e. The summed E-state index contributed by atoms with van der Waals surface area (Å²) in [4.78, 5) is 11.1. The van der Waals surface area contributed by atoms with Gasteiger partial charge in [0, 0.05) is 0 Å². The highest BCUT2D eigenvalue weighted by atomic mass is 16.5. The molecule has 0 aliphatic heterocycles. The summed E-state index contributed by atoms with van der Waals surface area (Å²) in [6.45, 7) is 8.52. The van der Waals surface area contributed by atoms with Gasteiger partial charge in [0.15, 0.2) is 0 Å². The van der Waals surface area contributed by atoms with Gasteiger partial charge in [0.05, 0.1) is 7.11 Å². The van der Waals surface area contributed by atoms with Crippen LogP contribution in [-0.2, 0) is 16.0 Å². The second-order valence-electron chi connectivity index (χ2n) is 5.13. The normalized spacial score (nSPS) is 12.6. The van der Waals surface area contributed by atoms with E-state index in [4.69, 9.17) is 4.42 Å². The number of ether oxygens (including phenoxy) is 1. The third-order valence-electron chi connectivity index (χ3n) is 2.77. The number of carbonyl (C=O) groups is 1. The molecule has 0 atom stereocenters. The van der Waals surface area contributed by atoms with Crippen molar-refractivity contribution in [2.75, 3.05) is 7.11 Å². The zero-order valence-corrected chi connectivity index (χ0v) is 11.2. The van der Waals surface area contributed by atoms with Crippen LogP contribution in [0.3, 0.4) is 0 Å². The van der Waals surface area contributed by atoms with Crippen LogP contribution in [0.5, 0.6) is 0 Å². The molecule has 0 aromatic carbocycles. The van der Waals surface area contributed by atoms with E-state index in [0.29, 0.717) is 5.76 Å². The molecular formula is C14H20O3. The van der Waals surface area contributed by atoms with Gasteiger partial charge < -0.3 is 9.15 Å². The largest absolute Gasteiger partial charge is 0.469 e. The summed E-state index contributed by atoms with van der Waals surface area (Å²) in [5, 5.41) is 0. The Labute approximate surface area is 102 Å². The average Bonchev–Trinajstić information content (AvgIpc) is 2.64. The zero-order chi connectivity index (χ0) is 13.1. The summed E-state index contributed by atoms with van der Waals surface area (Å²) < 4.78 is 10.1. The highest BCUT2D eigenvalue weighted by Gasteiger charge is 2.13. The number of hydrogen-bond acceptors (Lipinski definition) is 3. The lowest BCUT2D eigenvalue weighted by molar-refractivity contribution is -0.140. The number of hydrogen-bond donors (Lipinski definition) is 0.